The summed E-state index contributed by atoms with van der Waals surface area (Å²) in [4.78, 5) is 15.0. The van der Waals surface area contributed by atoms with Gasteiger partial charge in [-0.25, -0.2) is 0 Å². The highest BCUT2D eigenvalue weighted by Gasteiger charge is 2.24. The zero-order valence-electron chi connectivity index (χ0n) is 13.3. The lowest BCUT2D eigenvalue weighted by molar-refractivity contribution is -1.01. The minimum atomic E-state index is 0.0982. The molecule has 1 amide bonds. The molecule has 0 bridgehead atoms. The van der Waals surface area contributed by atoms with Crippen LogP contribution in [0.3, 0.4) is 0 Å². The number of hydrogen-bond acceptors (Lipinski definition) is 1. The minimum absolute atomic E-state index is 0.0982. The Morgan fingerprint density at radius 1 is 1.18 bits per heavy atom. The zero-order chi connectivity index (χ0) is 15.9. The first-order valence-electron chi connectivity index (χ1n) is 7.96. The van der Waals surface area contributed by atoms with Crippen molar-refractivity contribution in [3.63, 3.8) is 0 Å². The third kappa shape index (κ3) is 5.13. The van der Waals surface area contributed by atoms with E-state index in [0.717, 1.165) is 44.8 Å². The van der Waals surface area contributed by atoms with Crippen LogP contribution >= 0.6 is 11.6 Å². The molecule has 0 aromatic heterocycles. The molecule has 120 valence electrons. The summed E-state index contributed by atoms with van der Waals surface area (Å²) >= 11 is 5.86. The van der Waals surface area contributed by atoms with E-state index in [-0.39, 0.29) is 5.91 Å². The smallest absolute Gasteiger partial charge is 0.279 e. The van der Waals surface area contributed by atoms with E-state index in [9.17, 15) is 4.79 Å². The van der Waals surface area contributed by atoms with E-state index in [1.165, 1.54) is 15.4 Å². The summed E-state index contributed by atoms with van der Waals surface area (Å²) in [5, 5.41) is 3.77. The molecule has 1 saturated heterocycles. The quantitative estimate of drug-likeness (QED) is 0.662. The third-order valence-electron chi connectivity index (χ3n) is 4.19. The van der Waals surface area contributed by atoms with E-state index in [0.29, 0.717) is 11.6 Å². The van der Waals surface area contributed by atoms with Gasteiger partial charge in [0.2, 0.25) is 0 Å². The summed E-state index contributed by atoms with van der Waals surface area (Å²) in [6, 6.07) is 8.00. The average molecular weight is 324 g/mol. The number of piperazine rings is 1. The molecule has 0 aliphatic carbocycles. The number of aryl methyl sites for hydroxylation is 1. The average Bonchev–Trinajstić information content (AvgIpc) is 2.49. The highest BCUT2D eigenvalue weighted by molar-refractivity contribution is 6.29. The first kappa shape index (κ1) is 17.0. The van der Waals surface area contributed by atoms with Crippen LogP contribution in [0.15, 0.2) is 35.9 Å². The van der Waals surface area contributed by atoms with E-state index in [1.54, 1.807) is 0 Å². The number of carbonyl (C=O) groups excluding carboxylic acids is 1. The van der Waals surface area contributed by atoms with Gasteiger partial charge in [-0.1, -0.05) is 43.3 Å². The number of benzene rings is 1. The Kier molecular flexibility index (Phi) is 6.43. The lowest BCUT2D eigenvalue weighted by Gasteiger charge is -2.29. The van der Waals surface area contributed by atoms with Crippen LogP contribution in [0.5, 0.6) is 0 Å². The molecule has 1 aliphatic rings. The summed E-state index contributed by atoms with van der Waals surface area (Å²) in [6.07, 6.45) is 0.924. The Balaban J connectivity index is 1.80. The van der Waals surface area contributed by atoms with Gasteiger partial charge in [0.05, 0.1) is 5.03 Å². The van der Waals surface area contributed by atoms with Gasteiger partial charge in [0.1, 0.15) is 32.7 Å². The van der Waals surface area contributed by atoms with Gasteiger partial charge in [-0.05, 0) is 18.1 Å². The monoisotopic (exact) mass is 323 g/mol. The standard InChI is InChI=1S/C17H24ClN3O/c1-3-15-6-4-5-7-16(15)19-17(22)13-21-10-8-20(9-11-21)12-14(2)18/h4-7H,2-3,8-13H2,1H3,(H,19,22)/p+2. The van der Waals surface area contributed by atoms with E-state index < -0.39 is 0 Å². The number of para-hydroxylation sites is 1. The molecule has 3 N–H and O–H groups in total. The van der Waals surface area contributed by atoms with E-state index in [4.69, 9.17) is 11.6 Å². The van der Waals surface area contributed by atoms with Crippen LogP contribution in [0.1, 0.15) is 12.5 Å². The molecule has 2 rings (SSSR count). The molecule has 4 nitrogen and oxygen atoms in total. The molecular formula is C17H26ClN3O+2. The number of quaternary nitrogens is 2. The van der Waals surface area contributed by atoms with Crippen molar-refractivity contribution < 1.29 is 14.6 Å². The number of hydrogen-bond donors (Lipinski definition) is 3. The maximum atomic E-state index is 12.2. The molecule has 0 atom stereocenters. The number of carbonyl (C=O) groups is 1. The predicted molar refractivity (Wildman–Crippen MR) is 90.6 cm³/mol. The second kappa shape index (κ2) is 8.32. The molecule has 1 heterocycles. The molecular weight excluding hydrogens is 298 g/mol. The SMILES string of the molecule is C=C(Cl)C[NH+]1CC[NH+](CC(=O)Nc2ccccc2CC)CC1. The highest BCUT2D eigenvalue weighted by Crippen LogP contribution is 2.14. The fraction of sp³-hybridized carbons (Fsp3) is 0.471. The molecule has 0 saturated carbocycles. The third-order valence-corrected chi connectivity index (χ3v) is 4.32. The van der Waals surface area contributed by atoms with Crippen LogP contribution in [0.2, 0.25) is 0 Å². The van der Waals surface area contributed by atoms with Crippen molar-refractivity contribution in [1.82, 2.24) is 0 Å². The van der Waals surface area contributed by atoms with Gasteiger partial charge in [-0.2, -0.15) is 0 Å². The number of nitrogens with one attached hydrogen (secondary N) is 3. The van der Waals surface area contributed by atoms with E-state index in [1.807, 2.05) is 18.2 Å². The van der Waals surface area contributed by atoms with Crippen molar-refractivity contribution in [3.8, 4) is 0 Å². The van der Waals surface area contributed by atoms with E-state index in [2.05, 4.69) is 24.9 Å². The molecule has 5 heteroatoms. The molecule has 22 heavy (non-hydrogen) atoms. The Bertz CT molecular complexity index is 524. The van der Waals surface area contributed by atoms with Crippen LogP contribution in [0.25, 0.3) is 0 Å². The van der Waals surface area contributed by atoms with Crippen molar-refractivity contribution in [1.29, 1.82) is 0 Å². The molecule has 0 unspecified atom stereocenters. The normalized spacial score (nSPS) is 21.4. The lowest BCUT2D eigenvalue weighted by Crippen LogP contribution is -3.28. The maximum Gasteiger partial charge on any atom is 0.279 e. The fourth-order valence-corrected chi connectivity index (χ4v) is 3.14. The fourth-order valence-electron chi connectivity index (χ4n) is 2.95. The van der Waals surface area contributed by atoms with Crippen LogP contribution < -0.4 is 15.1 Å². The predicted octanol–water partition coefficient (Wildman–Crippen LogP) is -0.277. The van der Waals surface area contributed by atoms with Gasteiger partial charge in [-0.3, -0.25) is 4.79 Å². The van der Waals surface area contributed by atoms with Gasteiger partial charge in [0, 0.05) is 5.69 Å². The lowest BCUT2D eigenvalue weighted by atomic mass is 10.1. The number of halogens is 1. The molecule has 1 aromatic rings. The topological polar surface area (TPSA) is 38.0 Å². The molecule has 1 aromatic carbocycles. The maximum absolute atomic E-state index is 12.2. The van der Waals surface area contributed by atoms with E-state index >= 15 is 0 Å². The van der Waals surface area contributed by atoms with Crippen LogP contribution in [0.4, 0.5) is 5.69 Å². The summed E-state index contributed by atoms with van der Waals surface area (Å²) in [6.45, 7) is 11.3. The molecule has 0 radical (unpaired) electrons. The number of anilines is 1. The van der Waals surface area contributed by atoms with Crippen LogP contribution in [0, 0.1) is 0 Å². The Labute approximate surface area is 137 Å². The summed E-state index contributed by atoms with van der Waals surface area (Å²) in [5.74, 6) is 0.0982. The first-order chi connectivity index (χ1) is 10.6. The second-order valence-corrected chi connectivity index (χ2v) is 6.46. The van der Waals surface area contributed by atoms with Crippen molar-refractivity contribution >= 4 is 23.2 Å². The van der Waals surface area contributed by atoms with Gasteiger partial charge >= 0.3 is 0 Å². The van der Waals surface area contributed by atoms with Gasteiger partial charge < -0.3 is 15.1 Å². The van der Waals surface area contributed by atoms with Crippen molar-refractivity contribution in [2.45, 2.75) is 13.3 Å². The Hall–Kier alpha value is -1.36. The zero-order valence-corrected chi connectivity index (χ0v) is 14.0. The Morgan fingerprint density at radius 3 is 2.36 bits per heavy atom. The van der Waals surface area contributed by atoms with Crippen molar-refractivity contribution in [3.05, 3.63) is 41.4 Å². The van der Waals surface area contributed by atoms with Crippen molar-refractivity contribution in [2.75, 3.05) is 44.6 Å². The summed E-state index contributed by atoms with van der Waals surface area (Å²) in [7, 11) is 0. The first-order valence-corrected chi connectivity index (χ1v) is 8.34. The van der Waals surface area contributed by atoms with Gasteiger partial charge in [-0.15, -0.1) is 0 Å². The second-order valence-electron chi connectivity index (χ2n) is 5.93. The van der Waals surface area contributed by atoms with Crippen molar-refractivity contribution in [2.24, 2.45) is 0 Å². The van der Waals surface area contributed by atoms with Crippen LogP contribution in [-0.4, -0.2) is 45.2 Å². The largest absolute Gasteiger partial charge is 0.321 e. The molecule has 1 aliphatic heterocycles. The number of rotatable bonds is 6. The van der Waals surface area contributed by atoms with Gasteiger partial charge in [0.15, 0.2) is 6.54 Å². The van der Waals surface area contributed by atoms with Crippen LogP contribution in [-0.2, 0) is 11.2 Å². The molecule has 0 spiro atoms. The number of amides is 1. The summed E-state index contributed by atoms with van der Waals surface area (Å²) < 4.78 is 0. The summed E-state index contributed by atoms with van der Waals surface area (Å²) in [5.41, 5.74) is 2.12. The highest BCUT2D eigenvalue weighted by atomic mass is 35.5. The minimum Gasteiger partial charge on any atom is -0.321 e. The Morgan fingerprint density at radius 2 is 1.77 bits per heavy atom. The van der Waals surface area contributed by atoms with Gasteiger partial charge in [0.25, 0.3) is 5.91 Å². The molecule has 1 fully saturated rings.